The minimum absolute atomic E-state index is 0.185. The summed E-state index contributed by atoms with van der Waals surface area (Å²) in [6, 6.07) is 0. The number of hydrogen-bond acceptors (Lipinski definition) is 5. The number of rotatable bonds is 59. The van der Waals surface area contributed by atoms with Crippen LogP contribution in [0.1, 0.15) is 368 Å². The van der Waals surface area contributed by atoms with Gasteiger partial charge in [-0.05, 0) is 25.7 Å². The van der Waals surface area contributed by atoms with E-state index in [0.717, 1.165) is 77.0 Å². The van der Waals surface area contributed by atoms with Crippen molar-refractivity contribution in [3.8, 4) is 0 Å². The fraction of sp³-hybridized carbons (Fsp3) is 0.938. The van der Waals surface area contributed by atoms with Crippen LogP contribution < -0.4 is 0 Å². The average Bonchev–Trinajstić information content (AvgIpc) is 3.36. The molecule has 0 aliphatic rings. The summed E-state index contributed by atoms with van der Waals surface area (Å²) in [5.74, 6) is -5.98. The van der Waals surface area contributed by atoms with Crippen molar-refractivity contribution in [2.24, 2.45) is 10.8 Å². The van der Waals surface area contributed by atoms with Crippen LogP contribution in [0.25, 0.3) is 0 Å². The topological polar surface area (TPSA) is 149 Å². The maximum Gasteiger partial charge on any atom is 0.338 e. The normalized spacial score (nSPS) is 13.6. The number of ketones is 1. The van der Waals surface area contributed by atoms with E-state index in [1.165, 1.54) is 193 Å². The molecule has 0 aliphatic heterocycles. The maximum absolute atomic E-state index is 14.4. The molecule has 0 saturated heterocycles. The summed E-state index contributed by atoms with van der Waals surface area (Å²) < 4.78 is 0. The Morgan fingerprint density at radius 1 is 0.264 bits per heavy atom. The molecule has 2 unspecified atom stereocenters. The standard InChI is InChI=1S/C64H122O8/c1-5-9-12-15-18-21-24-27-30-33-36-39-42-45-48-51-55-62(59(66)67,56-52-49-46-43-40-37-34-31-28-25-22-19-16-13-10-6-2)64(72,61(70)71)63(60(68)69,58(65)54-8-4)57-53-50-47-44-41-38-35-32-29-26-23-20-17-14-11-7-3/h72H,5-57H2,1-4H3,(H,66,67)(H,68,69)(H,70,71). The molecule has 0 aromatic carbocycles. The first-order valence-corrected chi connectivity index (χ1v) is 32.0. The van der Waals surface area contributed by atoms with E-state index >= 15 is 0 Å². The molecule has 8 heteroatoms. The predicted octanol–water partition coefficient (Wildman–Crippen LogP) is 20.3. The largest absolute Gasteiger partial charge is 0.481 e. The van der Waals surface area contributed by atoms with Crippen LogP contribution in [0, 0.1) is 10.8 Å². The number of aliphatic carboxylic acids is 3. The Morgan fingerprint density at radius 2 is 0.472 bits per heavy atom. The second-order valence-corrected chi connectivity index (χ2v) is 22.9. The van der Waals surface area contributed by atoms with E-state index in [1.54, 1.807) is 6.92 Å². The Hall–Kier alpha value is -1.96. The molecule has 0 amide bonds. The third kappa shape index (κ3) is 30.6. The molecule has 0 spiro atoms. The van der Waals surface area contributed by atoms with Crippen molar-refractivity contribution in [2.75, 3.05) is 0 Å². The van der Waals surface area contributed by atoms with Gasteiger partial charge in [-0.1, -0.05) is 336 Å². The Kier molecular flexibility index (Phi) is 47.3. The summed E-state index contributed by atoms with van der Waals surface area (Å²) in [6.07, 6.45) is 53.4. The monoisotopic (exact) mass is 1020 g/mol. The lowest BCUT2D eigenvalue weighted by Crippen LogP contribution is -2.72. The van der Waals surface area contributed by atoms with Crippen LogP contribution in [0.5, 0.6) is 0 Å². The molecule has 0 bridgehead atoms. The second kappa shape index (κ2) is 48.7. The van der Waals surface area contributed by atoms with E-state index in [2.05, 4.69) is 20.8 Å². The fourth-order valence-corrected chi connectivity index (χ4v) is 11.9. The highest BCUT2D eigenvalue weighted by Crippen LogP contribution is 2.55. The summed E-state index contributed by atoms with van der Waals surface area (Å²) in [6.45, 7) is 8.49. The van der Waals surface area contributed by atoms with Gasteiger partial charge >= 0.3 is 17.9 Å². The highest BCUT2D eigenvalue weighted by Gasteiger charge is 2.75. The van der Waals surface area contributed by atoms with Gasteiger partial charge in [0.2, 0.25) is 5.60 Å². The fourth-order valence-electron chi connectivity index (χ4n) is 11.9. The zero-order valence-corrected chi connectivity index (χ0v) is 48.4. The average molecular weight is 1020 g/mol. The molecule has 0 saturated carbocycles. The highest BCUT2D eigenvalue weighted by molar-refractivity contribution is 6.10. The van der Waals surface area contributed by atoms with Crippen molar-refractivity contribution in [1.82, 2.24) is 0 Å². The Morgan fingerprint density at radius 3 is 0.653 bits per heavy atom. The number of unbranched alkanes of at least 4 members (excludes halogenated alkanes) is 45. The van der Waals surface area contributed by atoms with E-state index in [9.17, 15) is 39.6 Å². The highest BCUT2D eigenvalue weighted by atomic mass is 16.4. The van der Waals surface area contributed by atoms with Crippen molar-refractivity contribution in [1.29, 1.82) is 0 Å². The summed E-state index contributed by atoms with van der Waals surface area (Å²) in [7, 11) is 0. The van der Waals surface area contributed by atoms with Crippen LogP contribution in [0.4, 0.5) is 0 Å². The molecule has 72 heavy (non-hydrogen) atoms. The summed E-state index contributed by atoms with van der Waals surface area (Å²) in [5.41, 5.74) is -8.46. The Balaban J connectivity index is 5.78. The number of carbonyl (C=O) groups is 4. The number of Topliss-reactive ketones (excluding diaryl/α,β-unsaturated/α-hetero) is 1. The zero-order valence-electron chi connectivity index (χ0n) is 48.4. The quantitative estimate of drug-likeness (QED) is 0.0348. The van der Waals surface area contributed by atoms with Crippen molar-refractivity contribution < 1.29 is 39.6 Å². The van der Waals surface area contributed by atoms with Crippen molar-refractivity contribution in [3.63, 3.8) is 0 Å². The van der Waals surface area contributed by atoms with Gasteiger partial charge in [-0.15, -0.1) is 0 Å². The van der Waals surface area contributed by atoms with Gasteiger partial charge in [-0.3, -0.25) is 14.4 Å². The van der Waals surface area contributed by atoms with Crippen LogP contribution in [-0.2, 0) is 19.2 Å². The lowest BCUT2D eigenvalue weighted by molar-refractivity contribution is -0.224. The molecule has 2 atom stereocenters. The van der Waals surface area contributed by atoms with E-state index in [4.69, 9.17) is 0 Å². The van der Waals surface area contributed by atoms with E-state index in [1.807, 2.05) is 0 Å². The minimum atomic E-state index is -3.33. The molecule has 0 aromatic heterocycles. The summed E-state index contributed by atoms with van der Waals surface area (Å²) in [5, 5.41) is 46.6. The zero-order chi connectivity index (χ0) is 53.3. The number of carboxylic acid groups (broad SMARTS) is 3. The minimum Gasteiger partial charge on any atom is -0.481 e. The van der Waals surface area contributed by atoms with Gasteiger partial charge in [0.1, 0.15) is 5.41 Å². The van der Waals surface area contributed by atoms with Gasteiger partial charge in [0.05, 0.1) is 0 Å². The molecule has 4 N–H and O–H groups in total. The Bertz CT molecular complexity index is 1230. The molecule has 8 nitrogen and oxygen atoms in total. The van der Waals surface area contributed by atoms with Crippen LogP contribution in [0.2, 0.25) is 0 Å². The first kappa shape index (κ1) is 70.0. The molecule has 0 aromatic rings. The number of aliphatic hydroxyl groups is 1. The summed E-state index contributed by atoms with van der Waals surface area (Å²) >= 11 is 0. The molecular weight excluding hydrogens is 897 g/mol. The second-order valence-electron chi connectivity index (χ2n) is 22.9. The van der Waals surface area contributed by atoms with Gasteiger partial charge in [0, 0.05) is 6.42 Å². The van der Waals surface area contributed by atoms with Crippen molar-refractivity contribution in [2.45, 2.75) is 374 Å². The SMILES string of the molecule is CCCCCCCCCCCCCCCCCCC(CCCCCCCCCCCCCCCCCC)(C(=O)O)C(O)(C(=O)O)C(CCCCCCCCCCCCCCCCCC)(C(=O)O)C(=O)CCC. The van der Waals surface area contributed by atoms with Gasteiger partial charge in [-0.25, -0.2) is 4.79 Å². The molecule has 0 aliphatic carbocycles. The van der Waals surface area contributed by atoms with Crippen molar-refractivity contribution in [3.05, 3.63) is 0 Å². The van der Waals surface area contributed by atoms with Crippen LogP contribution in [0.15, 0.2) is 0 Å². The molecule has 0 fully saturated rings. The molecule has 0 rings (SSSR count). The van der Waals surface area contributed by atoms with Crippen LogP contribution in [0.3, 0.4) is 0 Å². The van der Waals surface area contributed by atoms with Crippen LogP contribution >= 0.6 is 0 Å². The molecule has 0 radical (unpaired) electrons. The number of hydrogen-bond donors (Lipinski definition) is 4. The van der Waals surface area contributed by atoms with E-state index in [-0.39, 0.29) is 32.1 Å². The summed E-state index contributed by atoms with van der Waals surface area (Å²) in [4.78, 5) is 55.8. The molecular formula is C64H122O8. The molecule has 0 heterocycles. The third-order valence-corrected chi connectivity index (χ3v) is 16.7. The predicted molar refractivity (Wildman–Crippen MR) is 305 cm³/mol. The van der Waals surface area contributed by atoms with Gasteiger partial charge in [-0.2, -0.15) is 0 Å². The van der Waals surface area contributed by atoms with Gasteiger partial charge in [0.25, 0.3) is 0 Å². The first-order chi connectivity index (χ1) is 35.0. The van der Waals surface area contributed by atoms with Gasteiger partial charge in [0.15, 0.2) is 11.2 Å². The maximum atomic E-state index is 14.4. The number of carbonyl (C=O) groups excluding carboxylic acids is 1. The van der Waals surface area contributed by atoms with Crippen molar-refractivity contribution >= 4 is 23.7 Å². The lowest BCUT2D eigenvalue weighted by Gasteiger charge is -2.50. The molecule has 426 valence electrons. The lowest BCUT2D eigenvalue weighted by atomic mass is 9.51. The van der Waals surface area contributed by atoms with Crippen LogP contribution in [-0.4, -0.2) is 49.7 Å². The van der Waals surface area contributed by atoms with E-state index < -0.39 is 46.5 Å². The Labute approximate surface area is 446 Å². The van der Waals surface area contributed by atoms with Gasteiger partial charge < -0.3 is 20.4 Å². The van der Waals surface area contributed by atoms with E-state index in [0.29, 0.717) is 32.1 Å². The third-order valence-electron chi connectivity index (χ3n) is 16.7. The number of carboxylic acids is 3. The first-order valence-electron chi connectivity index (χ1n) is 32.0. The smallest absolute Gasteiger partial charge is 0.338 e.